The third kappa shape index (κ3) is 1.93. The summed E-state index contributed by atoms with van der Waals surface area (Å²) in [6.07, 6.45) is 0.252. The number of phenols is 1. The summed E-state index contributed by atoms with van der Waals surface area (Å²) in [5.74, 6) is -0.857. The number of benzene rings is 1. The minimum absolute atomic E-state index is 0.165. The van der Waals surface area contributed by atoms with Crippen LogP contribution >= 0.6 is 0 Å². The van der Waals surface area contributed by atoms with Crippen molar-refractivity contribution in [3.63, 3.8) is 0 Å². The number of aromatic nitrogens is 1. The van der Waals surface area contributed by atoms with Crippen LogP contribution < -0.4 is 5.73 Å². The molecule has 0 fully saturated rings. The number of phenolic OH excluding ortho intramolecular Hbond substituents is 1. The average Bonchev–Trinajstić information content (AvgIpc) is 2.54. The molecule has 2 aromatic rings. The van der Waals surface area contributed by atoms with E-state index < -0.39 is 12.0 Å². The van der Waals surface area contributed by atoms with Crippen molar-refractivity contribution in [3.05, 3.63) is 29.5 Å². The van der Waals surface area contributed by atoms with E-state index in [4.69, 9.17) is 10.8 Å². The van der Waals surface area contributed by atoms with Gasteiger partial charge in [0.05, 0.1) is 0 Å². The number of nitrogens with zero attached hydrogens (tertiary/aromatic N) is 1. The Morgan fingerprint density at radius 3 is 2.78 bits per heavy atom. The van der Waals surface area contributed by atoms with E-state index >= 15 is 0 Å². The van der Waals surface area contributed by atoms with E-state index in [1.54, 1.807) is 12.1 Å². The van der Waals surface area contributed by atoms with Gasteiger partial charge in [-0.05, 0) is 30.7 Å². The number of carbonyl (C=O) groups is 1. The lowest BCUT2D eigenvalue weighted by Crippen LogP contribution is -2.32. The van der Waals surface area contributed by atoms with Gasteiger partial charge < -0.3 is 20.5 Å². The summed E-state index contributed by atoms with van der Waals surface area (Å²) in [7, 11) is 1.91. The van der Waals surface area contributed by atoms with Gasteiger partial charge in [-0.1, -0.05) is 0 Å². The largest absolute Gasteiger partial charge is 0.508 e. The molecule has 0 spiro atoms. The van der Waals surface area contributed by atoms with Crippen LogP contribution in [0.3, 0.4) is 0 Å². The Labute approximate surface area is 104 Å². The molecule has 0 aliphatic heterocycles. The Morgan fingerprint density at radius 2 is 2.17 bits per heavy atom. The topological polar surface area (TPSA) is 88.5 Å². The number of aryl methyl sites for hydroxylation is 1. The minimum Gasteiger partial charge on any atom is -0.508 e. The molecule has 0 saturated heterocycles. The molecule has 0 aliphatic carbocycles. The van der Waals surface area contributed by atoms with Crippen molar-refractivity contribution in [1.29, 1.82) is 0 Å². The Bertz CT molecular complexity index is 616. The Balaban J connectivity index is 2.58. The van der Waals surface area contributed by atoms with Gasteiger partial charge in [-0.2, -0.15) is 0 Å². The second kappa shape index (κ2) is 4.34. The highest BCUT2D eigenvalue weighted by Gasteiger charge is 2.18. The van der Waals surface area contributed by atoms with E-state index in [1.807, 2.05) is 24.6 Å². The van der Waals surface area contributed by atoms with Crippen molar-refractivity contribution in [1.82, 2.24) is 4.57 Å². The molecule has 1 aromatic carbocycles. The Hall–Kier alpha value is -2.01. The monoisotopic (exact) mass is 248 g/mol. The zero-order chi connectivity index (χ0) is 13.4. The quantitative estimate of drug-likeness (QED) is 0.760. The van der Waals surface area contributed by atoms with Gasteiger partial charge in [-0.25, -0.2) is 0 Å². The fourth-order valence-corrected chi connectivity index (χ4v) is 2.20. The summed E-state index contributed by atoms with van der Waals surface area (Å²) in [4.78, 5) is 10.8. The predicted molar refractivity (Wildman–Crippen MR) is 68.6 cm³/mol. The molecule has 96 valence electrons. The molecule has 0 bridgehead atoms. The third-order valence-electron chi connectivity index (χ3n) is 3.35. The molecule has 1 unspecified atom stereocenters. The van der Waals surface area contributed by atoms with Crippen LogP contribution in [0.5, 0.6) is 5.75 Å². The molecule has 0 radical (unpaired) electrons. The van der Waals surface area contributed by atoms with Crippen LogP contribution in [0.1, 0.15) is 11.3 Å². The Kier molecular flexibility index (Phi) is 3.00. The van der Waals surface area contributed by atoms with Crippen LogP contribution in [0.25, 0.3) is 10.9 Å². The fraction of sp³-hybridized carbons (Fsp3) is 0.308. The standard InChI is InChI=1S/C13H16N2O3/c1-7-9(6-11(14)13(17)18)10-5-8(16)3-4-12(10)15(7)2/h3-5,11,16H,6,14H2,1-2H3,(H,17,18). The van der Waals surface area contributed by atoms with E-state index in [-0.39, 0.29) is 12.2 Å². The zero-order valence-electron chi connectivity index (χ0n) is 10.3. The molecule has 0 aliphatic rings. The molecule has 5 nitrogen and oxygen atoms in total. The molecule has 5 heteroatoms. The first-order valence-corrected chi connectivity index (χ1v) is 5.67. The molecule has 18 heavy (non-hydrogen) atoms. The predicted octanol–water partition coefficient (Wildman–Crippen LogP) is 1.15. The molecular weight excluding hydrogens is 232 g/mol. The van der Waals surface area contributed by atoms with Gasteiger partial charge in [-0.15, -0.1) is 0 Å². The molecule has 0 amide bonds. The van der Waals surface area contributed by atoms with Crippen molar-refractivity contribution < 1.29 is 15.0 Å². The molecule has 1 aromatic heterocycles. The van der Waals surface area contributed by atoms with E-state index in [2.05, 4.69) is 0 Å². The molecule has 1 atom stereocenters. The number of carboxylic acid groups (broad SMARTS) is 1. The molecule has 0 saturated carbocycles. The van der Waals surface area contributed by atoms with Crippen LogP contribution in [0.2, 0.25) is 0 Å². The summed E-state index contributed by atoms with van der Waals surface area (Å²) < 4.78 is 1.97. The SMILES string of the molecule is Cc1c(CC(N)C(=O)O)c2cc(O)ccc2n1C. The van der Waals surface area contributed by atoms with Crippen LogP contribution in [0.15, 0.2) is 18.2 Å². The summed E-state index contributed by atoms with van der Waals surface area (Å²) >= 11 is 0. The van der Waals surface area contributed by atoms with Crippen LogP contribution in [-0.2, 0) is 18.3 Å². The molecule has 1 heterocycles. The second-order valence-electron chi connectivity index (χ2n) is 4.47. The average molecular weight is 248 g/mol. The van der Waals surface area contributed by atoms with Gasteiger partial charge in [0.2, 0.25) is 0 Å². The van der Waals surface area contributed by atoms with Crippen molar-refractivity contribution in [2.45, 2.75) is 19.4 Å². The van der Waals surface area contributed by atoms with E-state index in [9.17, 15) is 9.90 Å². The first-order chi connectivity index (χ1) is 8.41. The zero-order valence-corrected chi connectivity index (χ0v) is 10.3. The van der Waals surface area contributed by atoms with Gasteiger partial charge in [0.1, 0.15) is 11.8 Å². The van der Waals surface area contributed by atoms with E-state index in [0.29, 0.717) is 0 Å². The molecule has 4 N–H and O–H groups in total. The van der Waals surface area contributed by atoms with Crippen molar-refractivity contribution in [2.24, 2.45) is 12.8 Å². The number of rotatable bonds is 3. The highest BCUT2D eigenvalue weighted by atomic mass is 16.4. The van der Waals surface area contributed by atoms with Crippen molar-refractivity contribution in [3.8, 4) is 5.75 Å². The maximum absolute atomic E-state index is 10.8. The van der Waals surface area contributed by atoms with Crippen molar-refractivity contribution >= 4 is 16.9 Å². The number of hydrogen-bond donors (Lipinski definition) is 3. The van der Waals surface area contributed by atoms with Crippen LogP contribution in [-0.4, -0.2) is 26.8 Å². The summed E-state index contributed by atoms with van der Waals surface area (Å²) in [5, 5.41) is 19.3. The summed E-state index contributed by atoms with van der Waals surface area (Å²) in [6.45, 7) is 1.92. The van der Waals surface area contributed by atoms with Crippen LogP contribution in [0, 0.1) is 6.92 Å². The first kappa shape index (κ1) is 12.4. The number of carboxylic acids is 1. The van der Waals surface area contributed by atoms with Gasteiger partial charge in [-0.3, -0.25) is 4.79 Å². The normalized spacial score (nSPS) is 12.8. The highest BCUT2D eigenvalue weighted by molar-refractivity contribution is 5.87. The number of aliphatic carboxylic acids is 1. The van der Waals surface area contributed by atoms with Gasteiger partial charge in [0, 0.05) is 30.1 Å². The number of nitrogens with two attached hydrogens (primary N) is 1. The maximum Gasteiger partial charge on any atom is 0.320 e. The second-order valence-corrected chi connectivity index (χ2v) is 4.47. The Morgan fingerprint density at radius 1 is 1.50 bits per heavy atom. The summed E-state index contributed by atoms with van der Waals surface area (Å²) in [5.41, 5.74) is 8.38. The lowest BCUT2D eigenvalue weighted by molar-refractivity contribution is -0.138. The third-order valence-corrected chi connectivity index (χ3v) is 3.35. The smallest absolute Gasteiger partial charge is 0.320 e. The van der Waals surface area contributed by atoms with E-state index in [0.717, 1.165) is 22.2 Å². The van der Waals surface area contributed by atoms with Crippen LogP contribution in [0.4, 0.5) is 0 Å². The molecule has 2 rings (SSSR count). The van der Waals surface area contributed by atoms with Gasteiger partial charge >= 0.3 is 5.97 Å². The highest BCUT2D eigenvalue weighted by Crippen LogP contribution is 2.28. The summed E-state index contributed by atoms with van der Waals surface area (Å²) in [6, 6.07) is 4.14. The van der Waals surface area contributed by atoms with Crippen molar-refractivity contribution in [2.75, 3.05) is 0 Å². The lowest BCUT2D eigenvalue weighted by atomic mass is 10.0. The minimum atomic E-state index is -1.02. The first-order valence-electron chi connectivity index (χ1n) is 5.67. The maximum atomic E-state index is 10.8. The van der Waals surface area contributed by atoms with Gasteiger partial charge in [0.25, 0.3) is 0 Å². The molecular formula is C13H16N2O3. The van der Waals surface area contributed by atoms with Gasteiger partial charge in [0.15, 0.2) is 0 Å². The fourth-order valence-electron chi connectivity index (χ4n) is 2.20. The van der Waals surface area contributed by atoms with E-state index in [1.165, 1.54) is 0 Å². The number of fused-ring (bicyclic) bond motifs is 1. The number of aromatic hydroxyl groups is 1. The lowest BCUT2D eigenvalue weighted by Gasteiger charge is -2.07. The number of hydrogen-bond acceptors (Lipinski definition) is 3.